The summed E-state index contributed by atoms with van der Waals surface area (Å²) in [6.07, 6.45) is 11.1. The largest absolute Gasteiger partial charge is 0.352 e. The Bertz CT molecular complexity index is 877. The third-order valence-corrected chi connectivity index (χ3v) is 6.23. The number of carbonyl (C=O) groups is 1. The summed E-state index contributed by atoms with van der Waals surface area (Å²) in [4.78, 5) is 25.7. The van der Waals surface area contributed by atoms with Crippen LogP contribution in [-0.2, 0) is 24.2 Å². The van der Waals surface area contributed by atoms with Crippen LogP contribution >= 0.6 is 0 Å². The van der Waals surface area contributed by atoms with E-state index < -0.39 is 0 Å². The van der Waals surface area contributed by atoms with Gasteiger partial charge in [0.2, 0.25) is 5.91 Å². The van der Waals surface area contributed by atoms with Crippen LogP contribution in [0.25, 0.3) is 11.1 Å². The van der Waals surface area contributed by atoms with Crippen LogP contribution < -0.4 is 10.9 Å². The highest BCUT2D eigenvalue weighted by molar-refractivity contribution is 5.76. The Morgan fingerprint density at radius 2 is 1.68 bits per heavy atom. The smallest absolute Gasteiger partial charge is 0.251 e. The minimum atomic E-state index is -0.0597. The van der Waals surface area contributed by atoms with Crippen LogP contribution in [0.2, 0.25) is 0 Å². The molecule has 1 aromatic carbocycles. The van der Waals surface area contributed by atoms with Crippen LogP contribution in [-0.4, -0.2) is 16.5 Å². The molecule has 0 aliphatic heterocycles. The number of amides is 1. The predicted octanol–water partition coefficient (Wildman–Crippen LogP) is 4.23. The molecule has 0 spiro atoms. The zero-order valence-corrected chi connectivity index (χ0v) is 16.6. The lowest BCUT2D eigenvalue weighted by molar-refractivity contribution is -0.122. The Balaban J connectivity index is 1.60. The van der Waals surface area contributed by atoms with E-state index in [4.69, 9.17) is 0 Å². The average Bonchev–Trinajstić information content (AvgIpc) is 2.99. The summed E-state index contributed by atoms with van der Waals surface area (Å²) in [6, 6.07) is 12.1. The Hall–Kier alpha value is -2.36. The summed E-state index contributed by atoms with van der Waals surface area (Å²) in [5.41, 5.74) is 4.39. The number of carbonyl (C=O) groups excluding carboxylic acids is 1. The number of nitrogens with one attached hydrogen (secondary N) is 1. The molecular weight excluding hydrogens is 348 g/mol. The summed E-state index contributed by atoms with van der Waals surface area (Å²) >= 11 is 0. The summed E-state index contributed by atoms with van der Waals surface area (Å²) < 4.78 is 1.73. The van der Waals surface area contributed by atoms with E-state index in [9.17, 15) is 9.59 Å². The second-order valence-corrected chi connectivity index (χ2v) is 8.24. The summed E-state index contributed by atoms with van der Waals surface area (Å²) in [7, 11) is 0. The van der Waals surface area contributed by atoms with Crippen molar-refractivity contribution in [1.82, 2.24) is 9.88 Å². The van der Waals surface area contributed by atoms with Gasteiger partial charge in [0.15, 0.2) is 0 Å². The molecule has 4 nitrogen and oxygen atoms in total. The molecule has 2 aromatic rings. The highest BCUT2D eigenvalue weighted by Gasteiger charge is 2.22. The Kier molecular flexibility index (Phi) is 5.94. The molecule has 1 fully saturated rings. The van der Waals surface area contributed by atoms with Crippen LogP contribution in [0.3, 0.4) is 0 Å². The summed E-state index contributed by atoms with van der Waals surface area (Å²) in [5.74, 6) is -0.0192. The van der Waals surface area contributed by atoms with E-state index in [1.54, 1.807) is 10.6 Å². The SMILES string of the molecule is O=C(Cn1c2c(c(-c3ccccc3)cc1=O)CCCC2)NC1CCCCCC1. The number of nitrogens with zero attached hydrogens (tertiary/aromatic N) is 1. The number of aromatic nitrogens is 1. The predicted molar refractivity (Wildman–Crippen MR) is 112 cm³/mol. The number of benzene rings is 1. The molecule has 0 saturated heterocycles. The number of rotatable bonds is 4. The number of fused-ring (bicyclic) bond motifs is 1. The molecule has 2 aliphatic rings. The molecule has 148 valence electrons. The van der Waals surface area contributed by atoms with Crippen molar-refractivity contribution in [2.24, 2.45) is 0 Å². The van der Waals surface area contributed by atoms with Gasteiger partial charge in [-0.15, -0.1) is 0 Å². The van der Waals surface area contributed by atoms with Gasteiger partial charge in [-0.1, -0.05) is 56.0 Å². The first kappa shape index (κ1) is 19.0. The topological polar surface area (TPSA) is 51.1 Å². The van der Waals surface area contributed by atoms with Gasteiger partial charge in [-0.25, -0.2) is 0 Å². The molecule has 0 bridgehead atoms. The fourth-order valence-corrected chi connectivity index (χ4v) is 4.79. The van der Waals surface area contributed by atoms with E-state index >= 15 is 0 Å². The molecule has 0 atom stereocenters. The maximum Gasteiger partial charge on any atom is 0.251 e. The van der Waals surface area contributed by atoms with Crippen molar-refractivity contribution in [3.63, 3.8) is 0 Å². The third-order valence-electron chi connectivity index (χ3n) is 6.23. The van der Waals surface area contributed by atoms with Gasteiger partial charge < -0.3 is 9.88 Å². The van der Waals surface area contributed by atoms with Crippen LogP contribution in [0, 0.1) is 0 Å². The molecule has 1 N–H and O–H groups in total. The Morgan fingerprint density at radius 1 is 0.964 bits per heavy atom. The summed E-state index contributed by atoms with van der Waals surface area (Å²) in [5, 5.41) is 3.19. The first-order valence-corrected chi connectivity index (χ1v) is 10.8. The van der Waals surface area contributed by atoms with Gasteiger partial charge in [-0.2, -0.15) is 0 Å². The van der Waals surface area contributed by atoms with E-state index in [1.165, 1.54) is 31.2 Å². The van der Waals surface area contributed by atoms with Crippen molar-refractivity contribution in [3.05, 3.63) is 58.0 Å². The third kappa shape index (κ3) is 4.21. The van der Waals surface area contributed by atoms with E-state index in [1.807, 2.05) is 18.2 Å². The molecular formula is C24H30N2O2. The average molecular weight is 379 g/mol. The highest BCUT2D eigenvalue weighted by Crippen LogP contribution is 2.30. The van der Waals surface area contributed by atoms with Crippen LogP contribution in [0.5, 0.6) is 0 Å². The Labute approximate surface area is 167 Å². The molecule has 0 unspecified atom stereocenters. The number of hydrogen-bond acceptors (Lipinski definition) is 2. The zero-order chi connectivity index (χ0) is 19.3. The molecule has 1 aromatic heterocycles. The first-order valence-electron chi connectivity index (χ1n) is 10.8. The normalized spacial score (nSPS) is 17.6. The molecule has 4 rings (SSSR count). The van der Waals surface area contributed by atoms with Gasteiger partial charge in [0.25, 0.3) is 5.56 Å². The standard InChI is InChI=1S/C24H30N2O2/c27-23(25-19-12-6-1-2-7-13-19)17-26-22-15-9-8-14-20(22)21(16-24(26)28)18-10-4-3-5-11-18/h3-5,10-11,16,19H,1-2,6-9,12-15,17H2,(H,25,27). The molecule has 1 heterocycles. The van der Waals surface area contributed by atoms with E-state index in [2.05, 4.69) is 17.4 Å². The quantitative estimate of drug-likeness (QED) is 0.810. The molecule has 2 aliphatic carbocycles. The maximum atomic E-state index is 13.0. The van der Waals surface area contributed by atoms with E-state index in [0.717, 1.165) is 55.3 Å². The van der Waals surface area contributed by atoms with Gasteiger partial charge in [0.1, 0.15) is 6.54 Å². The van der Waals surface area contributed by atoms with Crippen molar-refractivity contribution >= 4 is 5.91 Å². The van der Waals surface area contributed by atoms with Crippen molar-refractivity contribution < 1.29 is 4.79 Å². The monoisotopic (exact) mass is 378 g/mol. The lowest BCUT2D eigenvalue weighted by atomic mass is 9.89. The second kappa shape index (κ2) is 8.76. The van der Waals surface area contributed by atoms with Gasteiger partial charge >= 0.3 is 0 Å². The molecule has 0 radical (unpaired) electrons. The van der Waals surface area contributed by atoms with Gasteiger partial charge in [-0.05, 0) is 55.2 Å². The van der Waals surface area contributed by atoms with Crippen molar-refractivity contribution in [1.29, 1.82) is 0 Å². The van der Waals surface area contributed by atoms with Gasteiger partial charge in [-0.3, -0.25) is 9.59 Å². The van der Waals surface area contributed by atoms with Crippen LogP contribution in [0.15, 0.2) is 41.2 Å². The first-order chi connectivity index (χ1) is 13.7. The minimum absolute atomic E-state index is 0.0192. The van der Waals surface area contributed by atoms with Crippen molar-refractivity contribution in [2.45, 2.75) is 76.8 Å². The van der Waals surface area contributed by atoms with Crippen LogP contribution in [0.1, 0.15) is 62.6 Å². The molecule has 4 heteroatoms. The zero-order valence-electron chi connectivity index (χ0n) is 16.6. The fourth-order valence-electron chi connectivity index (χ4n) is 4.79. The lowest BCUT2D eigenvalue weighted by Crippen LogP contribution is -2.40. The van der Waals surface area contributed by atoms with Crippen molar-refractivity contribution in [3.8, 4) is 11.1 Å². The highest BCUT2D eigenvalue weighted by atomic mass is 16.2. The Morgan fingerprint density at radius 3 is 2.43 bits per heavy atom. The second-order valence-electron chi connectivity index (χ2n) is 8.24. The fraction of sp³-hybridized carbons (Fsp3) is 0.500. The molecule has 1 amide bonds. The molecule has 1 saturated carbocycles. The summed E-state index contributed by atoms with van der Waals surface area (Å²) in [6.45, 7) is 0.146. The van der Waals surface area contributed by atoms with Crippen LogP contribution in [0.4, 0.5) is 0 Å². The number of hydrogen-bond donors (Lipinski definition) is 1. The van der Waals surface area contributed by atoms with E-state index in [-0.39, 0.29) is 24.1 Å². The maximum absolute atomic E-state index is 13.0. The molecule has 28 heavy (non-hydrogen) atoms. The lowest BCUT2D eigenvalue weighted by Gasteiger charge is -2.24. The van der Waals surface area contributed by atoms with E-state index in [0.29, 0.717) is 0 Å². The van der Waals surface area contributed by atoms with Gasteiger partial charge in [0, 0.05) is 17.8 Å². The van der Waals surface area contributed by atoms with Crippen molar-refractivity contribution in [2.75, 3.05) is 0 Å². The number of pyridine rings is 1. The van der Waals surface area contributed by atoms with Gasteiger partial charge in [0.05, 0.1) is 0 Å². The minimum Gasteiger partial charge on any atom is -0.352 e.